The molecule has 2 rings (SSSR count). The number of phenolic OH excluding ortho intramolecular Hbond substituents is 1. The normalized spacial score (nSPS) is 10.4. The molecule has 0 fully saturated rings. The van der Waals surface area contributed by atoms with Gasteiger partial charge in [-0.25, -0.2) is 0 Å². The number of hydrogen-bond acceptors (Lipinski definition) is 4. The molecule has 1 amide bonds. The lowest BCUT2D eigenvalue weighted by molar-refractivity contribution is 0.0949. The lowest BCUT2D eigenvalue weighted by atomic mass is 10.1. The molecule has 0 aliphatic heterocycles. The zero-order valence-corrected chi connectivity index (χ0v) is 10.6. The monoisotopic (exact) mass is 260 g/mol. The zero-order chi connectivity index (χ0) is 13.8. The van der Waals surface area contributed by atoms with Gasteiger partial charge in [0.05, 0.1) is 24.0 Å². The van der Waals surface area contributed by atoms with E-state index in [1.165, 1.54) is 0 Å². The first-order valence-corrected chi connectivity index (χ1v) is 5.92. The van der Waals surface area contributed by atoms with Crippen molar-refractivity contribution >= 4 is 11.6 Å². The van der Waals surface area contributed by atoms with E-state index in [0.717, 1.165) is 5.56 Å². The van der Waals surface area contributed by atoms with Gasteiger partial charge in [-0.05, 0) is 24.6 Å². The molecule has 0 unspecified atom stereocenters. The van der Waals surface area contributed by atoms with E-state index in [9.17, 15) is 9.90 Å². The Hall–Kier alpha value is -2.50. The Morgan fingerprint density at radius 3 is 2.95 bits per heavy atom. The van der Waals surface area contributed by atoms with E-state index in [-0.39, 0.29) is 17.2 Å². The number of nitrogens with one attached hydrogen (secondary N) is 1. The lowest BCUT2D eigenvalue weighted by Gasteiger charge is -2.07. The molecule has 0 bridgehead atoms. The highest BCUT2D eigenvalue weighted by atomic mass is 16.3. The highest BCUT2D eigenvalue weighted by Gasteiger charge is 2.10. The molecule has 19 heavy (non-hydrogen) atoms. The van der Waals surface area contributed by atoms with Crippen LogP contribution in [0.25, 0.3) is 0 Å². The second kappa shape index (κ2) is 5.43. The van der Waals surface area contributed by atoms with Crippen LogP contribution in [0.3, 0.4) is 0 Å². The molecular formula is C13H16N4O2. The van der Waals surface area contributed by atoms with Gasteiger partial charge in [-0.1, -0.05) is 6.07 Å². The van der Waals surface area contributed by atoms with Crippen LogP contribution in [0.2, 0.25) is 0 Å². The second-order valence-electron chi connectivity index (χ2n) is 4.31. The number of phenols is 1. The molecular weight excluding hydrogens is 244 g/mol. The Morgan fingerprint density at radius 2 is 2.32 bits per heavy atom. The molecule has 0 radical (unpaired) electrons. The summed E-state index contributed by atoms with van der Waals surface area (Å²) < 4.78 is 1.64. The van der Waals surface area contributed by atoms with Crippen molar-refractivity contribution in [3.63, 3.8) is 0 Å². The number of hydrogen-bond donors (Lipinski definition) is 3. The first-order chi connectivity index (χ1) is 9.06. The minimum absolute atomic E-state index is 0.0131. The maximum atomic E-state index is 11.8. The topological polar surface area (TPSA) is 93.2 Å². The summed E-state index contributed by atoms with van der Waals surface area (Å²) in [6.45, 7) is 2.78. The van der Waals surface area contributed by atoms with Gasteiger partial charge in [0, 0.05) is 12.7 Å². The Labute approximate surface area is 110 Å². The largest absolute Gasteiger partial charge is 0.507 e. The average Bonchev–Trinajstić information content (AvgIpc) is 2.75. The van der Waals surface area contributed by atoms with Crippen LogP contribution in [0, 0.1) is 6.92 Å². The third-order valence-corrected chi connectivity index (χ3v) is 2.68. The molecule has 6 nitrogen and oxygen atoms in total. The van der Waals surface area contributed by atoms with Crippen molar-refractivity contribution in [2.75, 3.05) is 12.3 Å². The molecule has 100 valence electrons. The fourth-order valence-corrected chi connectivity index (χ4v) is 1.71. The molecule has 0 saturated carbocycles. The van der Waals surface area contributed by atoms with E-state index in [4.69, 9.17) is 5.73 Å². The van der Waals surface area contributed by atoms with E-state index < -0.39 is 0 Å². The van der Waals surface area contributed by atoms with Crippen molar-refractivity contribution in [2.24, 2.45) is 0 Å². The van der Waals surface area contributed by atoms with Gasteiger partial charge >= 0.3 is 0 Å². The van der Waals surface area contributed by atoms with Crippen molar-refractivity contribution in [3.05, 3.63) is 41.7 Å². The summed E-state index contributed by atoms with van der Waals surface area (Å²) in [5.74, 6) is -0.321. The average molecular weight is 260 g/mol. The summed E-state index contributed by atoms with van der Waals surface area (Å²) in [5, 5.41) is 16.4. The summed E-state index contributed by atoms with van der Waals surface area (Å²) in [4.78, 5) is 11.8. The maximum absolute atomic E-state index is 11.8. The van der Waals surface area contributed by atoms with Gasteiger partial charge in [-0.2, -0.15) is 5.10 Å². The number of anilines is 1. The van der Waals surface area contributed by atoms with Gasteiger partial charge in [0.1, 0.15) is 5.75 Å². The van der Waals surface area contributed by atoms with Gasteiger partial charge in [0.15, 0.2) is 0 Å². The first-order valence-electron chi connectivity index (χ1n) is 5.92. The summed E-state index contributed by atoms with van der Waals surface area (Å²) in [6, 6.07) is 4.94. The van der Waals surface area contributed by atoms with E-state index >= 15 is 0 Å². The quantitative estimate of drug-likeness (QED) is 0.761. The van der Waals surface area contributed by atoms with Gasteiger partial charge < -0.3 is 16.2 Å². The number of rotatable bonds is 4. The molecule has 1 heterocycles. The van der Waals surface area contributed by atoms with Gasteiger partial charge in [-0.3, -0.25) is 9.48 Å². The summed E-state index contributed by atoms with van der Waals surface area (Å²) in [7, 11) is 0. The molecule has 0 saturated heterocycles. The molecule has 4 N–H and O–H groups in total. The predicted molar refractivity (Wildman–Crippen MR) is 71.8 cm³/mol. The van der Waals surface area contributed by atoms with Crippen LogP contribution < -0.4 is 11.1 Å². The highest BCUT2D eigenvalue weighted by molar-refractivity contribution is 5.96. The molecule has 2 aromatic rings. The fraction of sp³-hybridized carbons (Fsp3) is 0.231. The van der Waals surface area contributed by atoms with Crippen molar-refractivity contribution in [1.82, 2.24) is 15.1 Å². The van der Waals surface area contributed by atoms with Crippen molar-refractivity contribution < 1.29 is 9.90 Å². The van der Waals surface area contributed by atoms with Crippen LogP contribution in [0.4, 0.5) is 5.69 Å². The minimum atomic E-state index is -0.308. The van der Waals surface area contributed by atoms with Crippen LogP contribution in [-0.4, -0.2) is 27.3 Å². The van der Waals surface area contributed by atoms with Crippen LogP contribution in [0.1, 0.15) is 15.9 Å². The number of nitrogen functional groups attached to an aromatic ring is 1. The number of aromatic nitrogens is 2. The third-order valence-electron chi connectivity index (χ3n) is 2.68. The van der Waals surface area contributed by atoms with Crippen molar-refractivity contribution in [2.45, 2.75) is 13.5 Å². The number of carbonyl (C=O) groups excluding carboxylic acids is 1. The van der Waals surface area contributed by atoms with E-state index in [2.05, 4.69) is 10.4 Å². The van der Waals surface area contributed by atoms with Gasteiger partial charge in [0.2, 0.25) is 0 Å². The molecule has 6 heteroatoms. The summed E-state index contributed by atoms with van der Waals surface area (Å²) in [6.07, 6.45) is 3.24. The number of nitrogens with zero attached hydrogens (tertiary/aromatic N) is 2. The Morgan fingerprint density at radius 1 is 1.53 bits per heavy atom. The number of carbonyl (C=O) groups is 1. The number of amides is 1. The minimum Gasteiger partial charge on any atom is -0.507 e. The maximum Gasteiger partial charge on any atom is 0.255 e. The third kappa shape index (κ3) is 3.25. The van der Waals surface area contributed by atoms with Crippen LogP contribution >= 0.6 is 0 Å². The Bertz CT molecular complexity index is 592. The molecule has 0 aliphatic carbocycles. The number of nitrogens with two attached hydrogens (primary N) is 1. The fourth-order valence-electron chi connectivity index (χ4n) is 1.71. The number of aryl methyl sites for hydroxylation is 1. The van der Waals surface area contributed by atoms with Crippen LogP contribution in [0.15, 0.2) is 30.6 Å². The smallest absolute Gasteiger partial charge is 0.255 e. The second-order valence-corrected chi connectivity index (χ2v) is 4.31. The van der Waals surface area contributed by atoms with Gasteiger partial charge in [0.25, 0.3) is 5.91 Å². The summed E-state index contributed by atoms with van der Waals surface area (Å²) in [5.41, 5.74) is 7.29. The summed E-state index contributed by atoms with van der Waals surface area (Å²) >= 11 is 0. The zero-order valence-electron chi connectivity index (χ0n) is 10.6. The van der Waals surface area contributed by atoms with Crippen molar-refractivity contribution in [3.8, 4) is 5.75 Å². The lowest BCUT2D eigenvalue weighted by Crippen LogP contribution is -2.27. The van der Waals surface area contributed by atoms with Crippen molar-refractivity contribution in [1.29, 1.82) is 0 Å². The van der Waals surface area contributed by atoms with Crippen LogP contribution in [-0.2, 0) is 6.54 Å². The Balaban J connectivity index is 1.90. The predicted octanol–water partition coefficient (Wildman–Crippen LogP) is 0.909. The van der Waals surface area contributed by atoms with E-state index in [1.54, 1.807) is 35.3 Å². The standard InChI is InChI=1S/C13H16N4O2/c1-9-2-3-11(12(18)6-9)13(19)15-4-5-17-8-10(14)7-16-17/h2-3,6-8,18H,4-5,14H2,1H3,(H,15,19). The highest BCUT2D eigenvalue weighted by Crippen LogP contribution is 2.17. The molecule has 0 aliphatic rings. The molecule has 1 aromatic carbocycles. The van der Waals surface area contributed by atoms with E-state index in [1.807, 2.05) is 6.92 Å². The Kier molecular flexibility index (Phi) is 3.70. The molecule has 0 atom stereocenters. The molecule has 0 spiro atoms. The SMILES string of the molecule is Cc1ccc(C(=O)NCCn2cc(N)cn2)c(O)c1. The van der Waals surface area contributed by atoms with Gasteiger partial charge in [-0.15, -0.1) is 0 Å². The molecule has 1 aromatic heterocycles. The number of aromatic hydroxyl groups is 1. The van der Waals surface area contributed by atoms with E-state index in [0.29, 0.717) is 18.8 Å². The first kappa shape index (κ1) is 12.9. The van der Waals surface area contributed by atoms with Crippen LogP contribution in [0.5, 0.6) is 5.75 Å². The number of benzene rings is 1.